The Kier molecular flexibility index (Phi) is 6.92. The minimum Gasteiger partial charge on any atom is -0.378 e. The van der Waals surface area contributed by atoms with E-state index in [-0.39, 0.29) is 30.0 Å². The zero-order valence-electron chi connectivity index (χ0n) is 16.0. The SMILES string of the molecule is N#CCNC(=O)[C@H]1CCCC[C@@H]1CS(=O)(=O)c1ccc(N2CCOCC2)cc1. The van der Waals surface area contributed by atoms with Gasteiger partial charge in [-0.3, -0.25) is 4.79 Å². The van der Waals surface area contributed by atoms with Gasteiger partial charge in [0.05, 0.1) is 29.9 Å². The summed E-state index contributed by atoms with van der Waals surface area (Å²) in [6.45, 7) is 2.91. The number of amides is 1. The summed E-state index contributed by atoms with van der Waals surface area (Å²) < 4.78 is 31.3. The maximum Gasteiger partial charge on any atom is 0.224 e. The fourth-order valence-electron chi connectivity index (χ4n) is 4.07. The maximum atomic E-state index is 13.0. The second-order valence-electron chi connectivity index (χ2n) is 7.40. The molecule has 8 heteroatoms. The van der Waals surface area contributed by atoms with Gasteiger partial charge in [0.1, 0.15) is 6.54 Å². The Morgan fingerprint density at radius 1 is 1.18 bits per heavy atom. The summed E-state index contributed by atoms with van der Waals surface area (Å²) in [5, 5.41) is 11.3. The zero-order valence-corrected chi connectivity index (χ0v) is 16.8. The van der Waals surface area contributed by atoms with Crippen molar-refractivity contribution < 1.29 is 17.9 Å². The largest absolute Gasteiger partial charge is 0.378 e. The standard InChI is InChI=1S/C20H27N3O4S/c21-9-10-22-20(24)19-4-2-1-3-16(19)15-28(25,26)18-7-5-17(6-8-18)23-11-13-27-14-12-23/h5-8,16,19H,1-4,10-15H2,(H,22,24)/t16-,19+/m1/s1. The van der Waals surface area contributed by atoms with Gasteiger partial charge in [-0.05, 0) is 43.0 Å². The maximum absolute atomic E-state index is 13.0. The van der Waals surface area contributed by atoms with Gasteiger partial charge in [-0.15, -0.1) is 0 Å². The van der Waals surface area contributed by atoms with Crippen LogP contribution in [0.1, 0.15) is 25.7 Å². The second kappa shape index (κ2) is 9.39. The molecule has 2 fully saturated rings. The molecule has 0 aromatic heterocycles. The summed E-state index contributed by atoms with van der Waals surface area (Å²) in [5.74, 6) is -0.792. The number of ether oxygens (including phenoxy) is 1. The van der Waals surface area contributed by atoms with Crippen LogP contribution < -0.4 is 10.2 Å². The highest BCUT2D eigenvalue weighted by atomic mass is 32.2. The summed E-state index contributed by atoms with van der Waals surface area (Å²) in [7, 11) is -3.48. The molecule has 0 spiro atoms. The lowest BCUT2D eigenvalue weighted by molar-refractivity contribution is -0.127. The van der Waals surface area contributed by atoms with Crippen LogP contribution in [0.4, 0.5) is 5.69 Å². The lowest BCUT2D eigenvalue weighted by Gasteiger charge is -2.30. The molecule has 1 aromatic rings. The molecule has 28 heavy (non-hydrogen) atoms. The fraction of sp³-hybridized carbons (Fsp3) is 0.600. The summed E-state index contributed by atoms with van der Waals surface area (Å²) in [5.41, 5.74) is 0.994. The molecule has 1 aromatic carbocycles. The Morgan fingerprint density at radius 2 is 1.86 bits per heavy atom. The minimum atomic E-state index is -3.48. The van der Waals surface area contributed by atoms with Crippen LogP contribution in [0.2, 0.25) is 0 Å². The monoisotopic (exact) mass is 405 g/mol. The summed E-state index contributed by atoms with van der Waals surface area (Å²) in [4.78, 5) is 14.8. The molecule has 1 aliphatic carbocycles. The second-order valence-corrected chi connectivity index (χ2v) is 9.44. The van der Waals surface area contributed by atoms with Crippen LogP contribution in [0.15, 0.2) is 29.2 Å². The normalized spacial score (nSPS) is 23.0. The molecule has 1 heterocycles. The van der Waals surface area contributed by atoms with Crippen molar-refractivity contribution in [2.24, 2.45) is 11.8 Å². The Hall–Kier alpha value is -2.11. The van der Waals surface area contributed by atoms with Crippen LogP contribution in [-0.4, -0.2) is 52.9 Å². The van der Waals surface area contributed by atoms with Gasteiger partial charge >= 0.3 is 0 Å². The van der Waals surface area contributed by atoms with Gasteiger partial charge in [0.25, 0.3) is 0 Å². The average Bonchev–Trinajstić information content (AvgIpc) is 2.73. The molecule has 7 nitrogen and oxygen atoms in total. The van der Waals surface area contributed by atoms with Gasteiger partial charge in [0, 0.05) is 24.7 Å². The van der Waals surface area contributed by atoms with Crippen LogP contribution in [0.5, 0.6) is 0 Å². The molecule has 0 bridgehead atoms. The Morgan fingerprint density at radius 3 is 2.54 bits per heavy atom. The van der Waals surface area contributed by atoms with Crippen molar-refractivity contribution in [3.8, 4) is 6.07 Å². The van der Waals surface area contributed by atoms with Gasteiger partial charge in [-0.25, -0.2) is 8.42 Å². The van der Waals surface area contributed by atoms with E-state index in [9.17, 15) is 13.2 Å². The van der Waals surface area contributed by atoms with E-state index >= 15 is 0 Å². The minimum absolute atomic E-state index is 0.0332. The van der Waals surface area contributed by atoms with E-state index < -0.39 is 9.84 Å². The van der Waals surface area contributed by atoms with E-state index in [1.54, 1.807) is 12.1 Å². The Bertz CT molecular complexity index is 811. The van der Waals surface area contributed by atoms with Gasteiger partial charge < -0.3 is 15.0 Å². The highest BCUT2D eigenvalue weighted by Gasteiger charge is 2.34. The first-order valence-corrected chi connectivity index (χ1v) is 11.5. The predicted octanol–water partition coefficient (Wildman–Crippen LogP) is 1.74. The van der Waals surface area contributed by atoms with Gasteiger partial charge in [0.15, 0.2) is 9.84 Å². The predicted molar refractivity (Wildman–Crippen MR) is 106 cm³/mol. The number of nitriles is 1. The topological polar surface area (TPSA) is 99.5 Å². The number of carbonyl (C=O) groups is 1. The number of rotatable bonds is 6. The Labute approximate surface area is 166 Å². The molecule has 1 N–H and O–H groups in total. The van der Waals surface area contributed by atoms with E-state index in [1.807, 2.05) is 18.2 Å². The van der Waals surface area contributed by atoms with Crippen LogP contribution in [-0.2, 0) is 19.4 Å². The molecule has 2 atom stereocenters. The quantitative estimate of drug-likeness (QED) is 0.724. The highest BCUT2D eigenvalue weighted by Crippen LogP contribution is 2.33. The molecule has 152 valence electrons. The molecule has 1 aliphatic heterocycles. The first-order valence-electron chi connectivity index (χ1n) is 9.81. The number of benzene rings is 1. The van der Waals surface area contributed by atoms with Crippen molar-refractivity contribution in [2.45, 2.75) is 30.6 Å². The third-order valence-electron chi connectivity index (χ3n) is 5.59. The van der Waals surface area contributed by atoms with Crippen molar-refractivity contribution in [2.75, 3.05) is 43.5 Å². The molecular formula is C20H27N3O4S. The average molecular weight is 406 g/mol. The van der Waals surface area contributed by atoms with Crippen molar-refractivity contribution in [3.63, 3.8) is 0 Å². The number of sulfone groups is 1. The summed E-state index contributed by atoms with van der Waals surface area (Å²) in [6.07, 6.45) is 3.23. The van der Waals surface area contributed by atoms with Crippen molar-refractivity contribution in [3.05, 3.63) is 24.3 Å². The first-order chi connectivity index (χ1) is 13.5. The van der Waals surface area contributed by atoms with Gasteiger partial charge in [0.2, 0.25) is 5.91 Å². The van der Waals surface area contributed by atoms with Crippen LogP contribution >= 0.6 is 0 Å². The molecule has 3 rings (SSSR count). The third-order valence-corrected chi connectivity index (χ3v) is 7.45. The van der Waals surface area contributed by atoms with E-state index in [2.05, 4.69) is 10.2 Å². The molecular weight excluding hydrogens is 378 g/mol. The lowest BCUT2D eigenvalue weighted by Crippen LogP contribution is -2.39. The number of hydrogen-bond acceptors (Lipinski definition) is 6. The van der Waals surface area contributed by atoms with E-state index in [0.717, 1.165) is 38.0 Å². The summed E-state index contributed by atoms with van der Waals surface area (Å²) >= 11 is 0. The number of hydrogen-bond donors (Lipinski definition) is 1. The lowest BCUT2D eigenvalue weighted by atomic mass is 9.80. The first kappa shape index (κ1) is 20.6. The highest BCUT2D eigenvalue weighted by molar-refractivity contribution is 7.91. The van der Waals surface area contributed by atoms with Crippen molar-refractivity contribution in [1.29, 1.82) is 5.26 Å². The summed E-state index contributed by atoms with van der Waals surface area (Å²) in [6, 6.07) is 8.90. The van der Waals surface area contributed by atoms with Crippen LogP contribution in [0.25, 0.3) is 0 Å². The van der Waals surface area contributed by atoms with Crippen molar-refractivity contribution in [1.82, 2.24) is 5.32 Å². The fourth-order valence-corrected chi connectivity index (χ4v) is 5.78. The molecule has 2 aliphatic rings. The van der Waals surface area contributed by atoms with Gasteiger partial charge in [-0.1, -0.05) is 12.8 Å². The molecule has 1 amide bonds. The molecule has 1 saturated heterocycles. The zero-order chi connectivity index (χ0) is 20.0. The molecule has 0 unspecified atom stereocenters. The molecule has 1 saturated carbocycles. The number of carbonyl (C=O) groups excluding carboxylic acids is 1. The van der Waals surface area contributed by atoms with Crippen LogP contribution in [0.3, 0.4) is 0 Å². The van der Waals surface area contributed by atoms with E-state index in [0.29, 0.717) is 24.5 Å². The number of nitrogens with one attached hydrogen (secondary N) is 1. The number of anilines is 1. The molecule has 0 radical (unpaired) electrons. The van der Waals surface area contributed by atoms with E-state index in [1.165, 1.54) is 0 Å². The Balaban J connectivity index is 1.69. The third kappa shape index (κ3) is 5.03. The van der Waals surface area contributed by atoms with Gasteiger partial charge in [-0.2, -0.15) is 5.26 Å². The smallest absolute Gasteiger partial charge is 0.224 e. The van der Waals surface area contributed by atoms with E-state index in [4.69, 9.17) is 10.00 Å². The van der Waals surface area contributed by atoms with Crippen molar-refractivity contribution >= 4 is 21.4 Å². The number of nitrogens with zero attached hydrogens (tertiary/aromatic N) is 2. The van der Waals surface area contributed by atoms with Crippen LogP contribution in [0, 0.1) is 23.2 Å². The number of morpholine rings is 1.